The number of nitrogens with zero attached hydrogens (tertiary/aromatic N) is 2. The van der Waals surface area contributed by atoms with E-state index in [0.29, 0.717) is 18.0 Å². The molecule has 0 aliphatic rings. The predicted octanol–water partition coefficient (Wildman–Crippen LogP) is 4.01. The van der Waals surface area contributed by atoms with E-state index < -0.39 is 28.5 Å². The summed E-state index contributed by atoms with van der Waals surface area (Å²) < 4.78 is 33.8. The number of rotatable bonds is 12. The number of methoxy groups -OCH3 is 1. The van der Waals surface area contributed by atoms with Gasteiger partial charge >= 0.3 is 0 Å². The van der Waals surface area contributed by atoms with Crippen molar-refractivity contribution in [3.05, 3.63) is 90.0 Å². The van der Waals surface area contributed by atoms with Gasteiger partial charge in [-0.3, -0.25) is 13.9 Å². The van der Waals surface area contributed by atoms with E-state index in [2.05, 4.69) is 5.32 Å². The zero-order chi connectivity index (χ0) is 27.7. The molecule has 0 radical (unpaired) electrons. The Morgan fingerprint density at radius 1 is 0.895 bits per heavy atom. The van der Waals surface area contributed by atoms with E-state index in [1.165, 1.54) is 17.0 Å². The molecule has 3 aromatic carbocycles. The number of aryl methyl sites for hydroxylation is 1. The van der Waals surface area contributed by atoms with E-state index in [4.69, 9.17) is 4.74 Å². The molecule has 3 aromatic rings. The van der Waals surface area contributed by atoms with Gasteiger partial charge in [0.05, 0.1) is 17.7 Å². The lowest BCUT2D eigenvalue weighted by molar-refractivity contribution is -0.139. The molecule has 0 aliphatic heterocycles. The van der Waals surface area contributed by atoms with Crippen LogP contribution in [0.4, 0.5) is 5.69 Å². The molecule has 8 nitrogen and oxygen atoms in total. The quantitative estimate of drug-likeness (QED) is 0.377. The van der Waals surface area contributed by atoms with Gasteiger partial charge in [0.1, 0.15) is 18.3 Å². The normalized spacial score (nSPS) is 11.9. The van der Waals surface area contributed by atoms with Crippen molar-refractivity contribution in [1.82, 2.24) is 10.2 Å². The van der Waals surface area contributed by atoms with Crippen molar-refractivity contribution in [3.8, 4) is 5.75 Å². The number of nitrogens with one attached hydrogen (secondary N) is 1. The van der Waals surface area contributed by atoms with Gasteiger partial charge in [0.15, 0.2) is 0 Å². The van der Waals surface area contributed by atoms with Gasteiger partial charge in [-0.05, 0) is 67.8 Å². The fourth-order valence-electron chi connectivity index (χ4n) is 3.98. The van der Waals surface area contributed by atoms with Crippen LogP contribution in [0.15, 0.2) is 83.8 Å². The Morgan fingerprint density at radius 2 is 1.50 bits per heavy atom. The second kappa shape index (κ2) is 13.1. The zero-order valence-electron chi connectivity index (χ0n) is 22.3. The highest BCUT2D eigenvalue weighted by Gasteiger charge is 2.32. The van der Waals surface area contributed by atoms with Crippen LogP contribution in [0.5, 0.6) is 5.75 Å². The van der Waals surface area contributed by atoms with Crippen LogP contribution in [-0.4, -0.2) is 51.4 Å². The molecular weight excluding hydrogens is 502 g/mol. The van der Waals surface area contributed by atoms with E-state index in [-0.39, 0.29) is 17.3 Å². The molecule has 0 heterocycles. The van der Waals surface area contributed by atoms with Crippen LogP contribution in [0.2, 0.25) is 0 Å². The fraction of sp³-hybridized carbons (Fsp3) is 0.310. The van der Waals surface area contributed by atoms with Crippen molar-refractivity contribution in [2.24, 2.45) is 0 Å². The minimum atomic E-state index is -4.07. The van der Waals surface area contributed by atoms with E-state index in [1.807, 2.05) is 31.2 Å². The molecule has 0 unspecified atom stereocenters. The average molecular weight is 538 g/mol. The first-order valence-corrected chi connectivity index (χ1v) is 14.0. The highest BCUT2D eigenvalue weighted by atomic mass is 32.2. The van der Waals surface area contributed by atoms with Crippen molar-refractivity contribution in [2.45, 2.75) is 44.7 Å². The molecule has 0 spiro atoms. The van der Waals surface area contributed by atoms with E-state index >= 15 is 0 Å². The van der Waals surface area contributed by atoms with Gasteiger partial charge < -0.3 is 15.0 Å². The lowest BCUT2D eigenvalue weighted by Crippen LogP contribution is -2.51. The highest BCUT2D eigenvalue weighted by molar-refractivity contribution is 7.92. The van der Waals surface area contributed by atoms with Crippen LogP contribution >= 0.6 is 0 Å². The Labute approximate surface area is 225 Å². The minimum Gasteiger partial charge on any atom is -0.497 e. The molecule has 0 saturated carbocycles. The summed E-state index contributed by atoms with van der Waals surface area (Å²) in [6, 6.07) is 21.5. The maximum atomic E-state index is 13.8. The SMILES string of the molecule is CCNC(=O)[C@@H](C)N(Cc1ccc(OC)cc1)C(=O)CN(c1ccc(CC)cc1)S(=O)(=O)c1ccccc1. The van der Waals surface area contributed by atoms with Gasteiger partial charge in [-0.1, -0.05) is 49.4 Å². The number of likely N-dealkylation sites (N-methyl/N-ethyl adjacent to an activating group) is 1. The first kappa shape index (κ1) is 28.7. The third-order valence-corrected chi connectivity index (χ3v) is 8.06. The van der Waals surface area contributed by atoms with Crippen molar-refractivity contribution in [1.29, 1.82) is 0 Å². The zero-order valence-corrected chi connectivity index (χ0v) is 23.1. The van der Waals surface area contributed by atoms with Gasteiger partial charge in [-0.2, -0.15) is 0 Å². The molecule has 202 valence electrons. The largest absolute Gasteiger partial charge is 0.497 e. The molecular formula is C29H35N3O5S. The van der Waals surface area contributed by atoms with Crippen molar-refractivity contribution in [2.75, 3.05) is 24.5 Å². The fourth-order valence-corrected chi connectivity index (χ4v) is 5.41. The van der Waals surface area contributed by atoms with Gasteiger partial charge in [0.2, 0.25) is 11.8 Å². The van der Waals surface area contributed by atoms with Gasteiger partial charge in [-0.15, -0.1) is 0 Å². The average Bonchev–Trinajstić information content (AvgIpc) is 2.95. The molecule has 0 saturated heterocycles. The summed E-state index contributed by atoms with van der Waals surface area (Å²) in [6.45, 7) is 5.51. The summed E-state index contributed by atoms with van der Waals surface area (Å²) in [7, 11) is -2.51. The first-order chi connectivity index (χ1) is 18.2. The Balaban J connectivity index is 2.00. The number of ether oxygens (including phenoxy) is 1. The van der Waals surface area contributed by atoms with E-state index in [0.717, 1.165) is 21.9 Å². The molecule has 3 rings (SSSR count). The second-order valence-electron chi connectivity index (χ2n) is 8.79. The summed E-state index contributed by atoms with van der Waals surface area (Å²) in [5, 5.41) is 2.75. The standard InChI is InChI=1S/C29H35N3O5S/c1-5-23-12-16-25(17-13-23)32(38(35,36)27-10-8-7-9-11-27)21-28(33)31(22(3)29(34)30-6-2)20-24-14-18-26(37-4)19-15-24/h7-19,22H,5-6,20-21H2,1-4H3,(H,30,34)/t22-/m1/s1. The number of anilines is 1. The second-order valence-corrected chi connectivity index (χ2v) is 10.6. The number of benzene rings is 3. The smallest absolute Gasteiger partial charge is 0.264 e. The Morgan fingerprint density at radius 3 is 2.05 bits per heavy atom. The third-order valence-electron chi connectivity index (χ3n) is 6.27. The van der Waals surface area contributed by atoms with Crippen LogP contribution < -0.4 is 14.4 Å². The maximum absolute atomic E-state index is 13.8. The topological polar surface area (TPSA) is 96.0 Å². The number of hydrogen-bond acceptors (Lipinski definition) is 5. The number of carbonyl (C=O) groups is 2. The third kappa shape index (κ3) is 6.92. The molecule has 0 fully saturated rings. The van der Waals surface area contributed by atoms with Crippen LogP contribution in [0.1, 0.15) is 31.9 Å². The molecule has 1 atom stereocenters. The molecule has 38 heavy (non-hydrogen) atoms. The number of amides is 2. The van der Waals surface area contributed by atoms with E-state index in [9.17, 15) is 18.0 Å². The first-order valence-electron chi connectivity index (χ1n) is 12.6. The lowest BCUT2D eigenvalue weighted by Gasteiger charge is -2.32. The molecule has 2 amide bonds. The molecule has 0 aliphatic carbocycles. The van der Waals surface area contributed by atoms with Gasteiger partial charge in [-0.25, -0.2) is 8.42 Å². The number of hydrogen-bond donors (Lipinski definition) is 1. The summed E-state index contributed by atoms with van der Waals surface area (Å²) >= 11 is 0. The van der Waals surface area contributed by atoms with Gasteiger partial charge in [0, 0.05) is 13.1 Å². The summed E-state index contributed by atoms with van der Waals surface area (Å²) in [6.07, 6.45) is 0.796. The Kier molecular flexibility index (Phi) is 9.90. The summed E-state index contributed by atoms with van der Waals surface area (Å²) in [4.78, 5) is 28.1. The lowest BCUT2D eigenvalue weighted by atomic mass is 10.1. The maximum Gasteiger partial charge on any atom is 0.264 e. The van der Waals surface area contributed by atoms with Crippen LogP contribution in [0, 0.1) is 0 Å². The summed E-state index contributed by atoms with van der Waals surface area (Å²) in [5.41, 5.74) is 2.19. The molecule has 1 N–H and O–H groups in total. The monoisotopic (exact) mass is 537 g/mol. The highest BCUT2D eigenvalue weighted by Crippen LogP contribution is 2.25. The van der Waals surface area contributed by atoms with Crippen molar-refractivity contribution < 1.29 is 22.7 Å². The number of sulfonamides is 1. The van der Waals surface area contributed by atoms with Gasteiger partial charge in [0.25, 0.3) is 10.0 Å². The molecule has 0 bridgehead atoms. The van der Waals surface area contributed by atoms with E-state index in [1.54, 1.807) is 63.4 Å². The molecule has 0 aromatic heterocycles. The minimum absolute atomic E-state index is 0.0749. The summed E-state index contributed by atoms with van der Waals surface area (Å²) in [5.74, 6) is -0.156. The Hall–Kier alpha value is -3.85. The van der Waals surface area contributed by atoms with Crippen LogP contribution in [-0.2, 0) is 32.6 Å². The van der Waals surface area contributed by atoms with Crippen molar-refractivity contribution >= 4 is 27.5 Å². The van der Waals surface area contributed by atoms with Crippen molar-refractivity contribution in [3.63, 3.8) is 0 Å². The van der Waals surface area contributed by atoms with Crippen LogP contribution in [0.3, 0.4) is 0 Å². The Bertz CT molecular complexity index is 1310. The molecule has 9 heteroatoms. The number of carbonyl (C=O) groups excluding carboxylic acids is 2. The van der Waals surface area contributed by atoms with Crippen LogP contribution in [0.25, 0.3) is 0 Å². The predicted molar refractivity (Wildman–Crippen MR) is 148 cm³/mol.